The van der Waals surface area contributed by atoms with Crippen LogP contribution in [0.3, 0.4) is 0 Å². The molecule has 69 heavy (non-hydrogen) atoms. The number of H-pyrrole nitrogens is 1. The molecule has 5 aliphatic rings. The van der Waals surface area contributed by atoms with Crippen LogP contribution in [-0.4, -0.2) is 106 Å². The van der Waals surface area contributed by atoms with E-state index in [4.69, 9.17) is 33.0 Å². The molecule has 0 bridgehead atoms. The molecule has 1 spiro atoms. The lowest BCUT2D eigenvalue weighted by Gasteiger charge is -2.61. The van der Waals surface area contributed by atoms with Crippen LogP contribution in [-0.2, 0) is 15.5 Å². The van der Waals surface area contributed by atoms with Crippen molar-refractivity contribution >= 4 is 67.6 Å². The Bertz CT molecular complexity index is 2890. The molecule has 1 amide bonds. The number of benzene rings is 3. The molecule has 2 atom stereocenters. The lowest BCUT2D eigenvalue weighted by Crippen LogP contribution is -2.65. The summed E-state index contributed by atoms with van der Waals surface area (Å²) < 4.78 is 42.4. The van der Waals surface area contributed by atoms with Crippen LogP contribution in [0.4, 0.5) is 17.1 Å². The average molecular weight is 948 g/mol. The summed E-state index contributed by atoms with van der Waals surface area (Å²) in [7, 11) is 16.4. The van der Waals surface area contributed by atoms with Gasteiger partial charge in [-0.25, -0.2) is 18.1 Å². The van der Waals surface area contributed by atoms with Crippen molar-refractivity contribution in [2.75, 3.05) is 29.9 Å². The van der Waals surface area contributed by atoms with Crippen LogP contribution >= 0.6 is 0 Å². The maximum atomic E-state index is 14.1. The van der Waals surface area contributed by atoms with E-state index >= 15 is 0 Å². The number of aliphatic hydroxyl groups is 1. The molecule has 2 aromatic heterocycles. The molecule has 10 rings (SSSR count). The number of amides is 1. The Morgan fingerprint density at radius 2 is 1.77 bits per heavy atom. The molecular formula is C50H56B3N7O8S. The van der Waals surface area contributed by atoms with E-state index in [1.165, 1.54) is 23.9 Å². The first-order valence-electron chi connectivity index (χ1n) is 24.1. The fourth-order valence-corrected chi connectivity index (χ4v) is 12.9. The molecule has 5 heterocycles. The Kier molecular flexibility index (Phi) is 12.3. The number of aromatic nitrogens is 2. The molecule has 4 fully saturated rings. The lowest BCUT2D eigenvalue weighted by atomic mass is 9.54. The highest BCUT2D eigenvalue weighted by molar-refractivity contribution is 7.90. The number of piperidine rings is 1. The van der Waals surface area contributed by atoms with E-state index in [1.54, 1.807) is 24.4 Å². The van der Waals surface area contributed by atoms with Gasteiger partial charge >= 0.3 is 0 Å². The van der Waals surface area contributed by atoms with Crippen LogP contribution in [0.25, 0.3) is 11.0 Å². The molecule has 15 nitrogen and oxygen atoms in total. The van der Waals surface area contributed by atoms with Crippen molar-refractivity contribution in [1.82, 2.24) is 19.6 Å². The largest absolute Gasteiger partial charge is 0.489 e. The topological polar surface area (TPSA) is 192 Å². The molecular weight excluding hydrogens is 891 g/mol. The second-order valence-corrected chi connectivity index (χ2v) is 22.2. The van der Waals surface area contributed by atoms with Crippen molar-refractivity contribution in [2.24, 2.45) is 11.3 Å². The predicted molar refractivity (Wildman–Crippen MR) is 266 cm³/mol. The lowest BCUT2D eigenvalue weighted by molar-refractivity contribution is -0.384. The molecule has 1 unspecified atom stereocenters. The van der Waals surface area contributed by atoms with E-state index in [-0.39, 0.29) is 58.9 Å². The van der Waals surface area contributed by atoms with Crippen LogP contribution in [0.5, 0.6) is 17.2 Å². The second kappa shape index (κ2) is 18.0. The Balaban J connectivity index is 0.862. The zero-order chi connectivity index (χ0) is 48.5. The highest BCUT2D eigenvalue weighted by Crippen LogP contribution is 2.57. The number of rotatable bonds is 12. The average Bonchev–Trinajstić information content (AvgIpc) is 3.88. The standard InChI is InChI=1S/C50H56B3N7O8S/c1-30(2)39-5-3-4-6-41(39)49(51)14-15-50(52,53)59(49)35-26-48(27-35)16-19-58(20-17-48)34-9-12-40(43(23-34)68-37-22-32-13-18-54-46(32)55-28-37)47(62)57-69(65,66)38-24-42(60(63)64)45-44(25-38)67-29-33(56-45)21-31-7-10-36(61)11-8-31/h3-6,9,12-13,18,22-25,28,30-31,33,35-36,56,61H,7-8,10-11,14-17,19-21,26-27,29H2,1-2H3,(H,54,55)(H,57,62)/t31?,33-,36?,49?/m1/s1. The Hall–Kier alpha value is -5.52. The number of fused-ring (bicyclic) bond motifs is 2. The van der Waals surface area contributed by atoms with Crippen molar-refractivity contribution in [3.05, 3.63) is 106 Å². The normalized spacial score (nSPS) is 24.6. The zero-order valence-corrected chi connectivity index (χ0v) is 39.8. The van der Waals surface area contributed by atoms with E-state index in [2.05, 4.69) is 61.9 Å². The third kappa shape index (κ3) is 9.10. The first-order chi connectivity index (χ1) is 32.9. The molecule has 19 heteroatoms. The maximum absolute atomic E-state index is 14.1. The van der Waals surface area contributed by atoms with Crippen molar-refractivity contribution < 1.29 is 32.7 Å². The van der Waals surface area contributed by atoms with E-state index in [0.717, 1.165) is 74.3 Å². The molecule has 354 valence electrons. The number of nitro benzene ring substituents is 1. The Labute approximate surface area is 406 Å². The van der Waals surface area contributed by atoms with Gasteiger partial charge in [-0.2, -0.15) is 0 Å². The Morgan fingerprint density at radius 1 is 1.01 bits per heavy atom. The van der Waals surface area contributed by atoms with E-state index in [9.17, 15) is 28.4 Å². The summed E-state index contributed by atoms with van der Waals surface area (Å²) in [6, 6.07) is 19.0. The minimum absolute atomic E-state index is 0.00285. The molecule has 2 aliphatic carbocycles. The van der Waals surface area contributed by atoms with Gasteiger partial charge in [0, 0.05) is 60.0 Å². The van der Waals surface area contributed by atoms with Crippen molar-refractivity contribution in [3.8, 4) is 17.2 Å². The summed E-state index contributed by atoms with van der Waals surface area (Å²) in [6.45, 7) is 5.97. The van der Waals surface area contributed by atoms with E-state index < -0.39 is 42.2 Å². The first kappa shape index (κ1) is 47.2. The van der Waals surface area contributed by atoms with E-state index in [0.29, 0.717) is 49.4 Å². The van der Waals surface area contributed by atoms with Crippen molar-refractivity contribution in [1.29, 1.82) is 0 Å². The van der Waals surface area contributed by atoms with Crippen LogP contribution < -0.4 is 24.4 Å². The number of carbonyl (C=O) groups is 1. The first-order valence-corrected chi connectivity index (χ1v) is 25.6. The van der Waals surface area contributed by atoms with Crippen molar-refractivity contribution in [2.45, 2.75) is 124 Å². The third-order valence-electron chi connectivity index (χ3n) is 15.6. The quantitative estimate of drug-likeness (QED) is 0.0549. The Morgan fingerprint density at radius 3 is 2.51 bits per heavy atom. The molecule has 4 N–H and O–H groups in total. The number of hydrogen-bond donors (Lipinski definition) is 4. The smallest absolute Gasteiger partial charge is 0.297 e. The molecule has 6 radical (unpaired) electrons. The number of aromatic amines is 1. The number of aliphatic hydroxyl groups excluding tert-OH is 1. The summed E-state index contributed by atoms with van der Waals surface area (Å²) >= 11 is 0. The number of pyridine rings is 1. The number of ether oxygens (including phenoxy) is 2. The SMILES string of the molecule is [B]C1([B])CCC([B])(c2ccccc2C(C)C)N1C1CC2(CCN(c3ccc(C(=O)NS(=O)(=O)c4cc5c(c([N+](=O)[O-])c4)N[C@H](CC4CCC(O)CC4)CO5)c(Oc4cnc5[nH]ccc5c4)c3)CC2)C1. The van der Waals surface area contributed by atoms with E-state index in [1.807, 2.05) is 12.1 Å². The van der Waals surface area contributed by atoms with Gasteiger partial charge in [-0.15, -0.1) is 0 Å². The highest BCUT2D eigenvalue weighted by atomic mass is 32.2. The van der Waals surface area contributed by atoms with Gasteiger partial charge in [0.15, 0.2) is 11.4 Å². The monoisotopic (exact) mass is 947 g/mol. The minimum Gasteiger partial charge on any atom is -0.489 e. The summed E-state index contributed by atoms with van der Waals surface area (Å²) in [5.41, 5.74) is 2.54. The third-order valence-corrected chi connectivity index (χ3v) is 16.9. The number of nitrogens with one attached hydrogen (secondary N) is 3. The van der Waals surface area contributed by atoms with Gasteiger partial charge in [-0.3, -0.25) is 14.9 Å². The van der Waals surface area contributed by atoms with Gasteiger partial charge in [0.1, 0.15) is 31.6 Å². The van der Waals surface area contributed by atoms with Gasteiger partial charge < -0.3 is 34.7 Å². The van der Waals surface area contributed by atoms with Crippen LogP contribution in [0.2, 0.25) is 0 Å². The maximum Gasteiger partial charge on any atom is 0.297 e. The van der Waals surface area contributed by atoms with Crippen LogP contribution in [0.1, 0.15) is 112 Å². The fourth-order valence-electron chi connectivity index (χ4n) is 11.9. The highest BCUT2D eigenvalue weighted by Gasteiger charge is 2.57. The summed E-state index contributed by atoms with van der Waals surface area (Å²) in [5, 5.41) is 25.3. The molecule has 3 aliphatic heterocycles. The van der Waals surface area contributed by atoms with Crippen molar-refractivity contribution in [3.63, 3.8) is 0 Å². The van der Waals surface area contributed by atoms with Crippen LogP contribution in [0.15, 0.2) is 84.0 Å². The molecule has 2 saturated heterocycles. The number of carbonyl (C=O) groups excluding carboxylic acids is 1. The number of likely N-dealkylation sites (tertiary alicyclic amines) is 1. The van der Waals surface area contributed by atoms with Gasteiger partial charge in [-0.05, 0) is 123 Å². The summed E-state index contributed by atoms with van der Waals surface area (Å²) in [5.74, 6) is 0.0370. The minimum atomic E-state index is -4.68. The predicted octanol–water partition coefficient (Wildman–Crippen LogP) is 7.48. The van der Waals surface area contributed by atoms with Gasteiger partial charge in [-0.1, -0.05) is 43.5 Å². The molecule has 2 saturated carbocycles. The summed E-state index contributed by atoms with van der Waals surface area (Å²) in [6.07, 6.45) is 11.6. The zero-order valence-electron chi connectivity index (χ0n) is 39.0. The number of hydrogen-bond acceptors (Lipinski definition) is 12. The molecule has 3 aromatic carbocycles. The van der Waals surface area contributed by atoms with Gasteiger partial charge in [0.2, 0.25) is 0 Å². The van der Waals surface area contributed by atoms with Gasteiger partial charge in [0.05, 0.1) is 49.4 Å². The number of sulfonamides is 1. The van der Waals surface area contributed by atoms with Gasteiger partial charge in [0.25, 0.3) is 21.6 Å². The van der Waals surface area contributed by atoms with Crippen LogP contribution in [0, 0.1) is 21.4 Å². The summed E-state index contributed by atoms with van der Waals surface area (Å²) in [4.78, 5) is 37.3. The fraction of sp³-hybridized carbons (Fsp3) is 0.480. The number of nitrogens with zero attached hydrogens (tertiary/aromatic N) is 4. The second-order valence-electron chi connectivity index (χ2n) is 20.5. The number of anilines is 2. The number of nitro groups is 1. The molecule has 5 aromatic rings.